The topological polar surface area (TPSA) is 3.24 Å². The molecule has 20 heavy (non-hydrogen) atoms. The molecule has 0 aromatic heterocycles. The van der Waals surface area contributed by atoms with E-state index in [1.165, 1.54) is 22.3 Å². The van der Waals surface area contributed by atoms with Gasteiger partial charge in [-0.3, -0.25) is 4.90 Å². The minimum atomic E-state index is 0.664. The van der Waals surface area contributed by atoms with Crippen LogP contribution in [0.2, 0.25) is 0 Å². The Morgan fingerprint density at radius 2 is 1.50 bits per heavy atom. The lowest BCUT2D eigenvalue weighted by Crippen LogP contribution is -2.25. The van der Waals surface area contributed by atoms with Crippen molar-refractivity contribution in [3.05, 3.63) is 70.8 Å². The molecule has 2 heteroatoms. The molecule has 2 aromatic carbocycles. The SMILES string of the molecule is Cc1cccc(C)c1CN(CCCl)Cc1ccccc1. The fourth-order valence-electron chi connectivity index (χ4n) is 2.50. The number of aryl methyl sites for hydroxylation is 2. The Hall–Kier alpha value is -1.31. The van der Waals surface area contributed by atoms with Gasteiger partial charge >= 0.3 is 0 Å². The predicted octanol–water partition coefficient (Wildman–Crippen LogP) is 4.54. The third-order valence-corrected chi connectivity index (χ3v) is 3.84. The molecular formula is C18H22ClN. The molecule has 2 aromatic rings. The van der Waals surface area contributed by atoms with Gasteiger partial charge in [0, 0.05) is 25.5 Å². The molecule has 0 aliphatic rings. The van der Waals surface area contributed by atoms with Gasteiger partial charge in [0.2, 0.25) is 0 Å². The lowest BCUT2D eigenvalue weighted by Gasteiger charge is -2.23. The normalized spacial score (nSPS) is 11.0. The van der Waals surface area contributed by atoms with E-state index < -0.39 is 0 Å². The molecule has 0 unspecified atom stereocenters. The minimum absolute atomic E-state index is 0.664. The standard InChI is InChI=1S/C18H22ClN/c1-15-7-6-8-16(2)18(15)14-20(12-11-19)13-17-9-4-3-5-10-17/h3-10H,11-14H2,1-2H3. The number of rotatable bonds is 6. The van der Waals surface area contributed by atoms with Gasteiger partial charge in [0.15, 0.2) is 0 Å². The van der Waals surface area contributed by atoms with E-state index in [4.69, 9.17) is 11.6 Å². The molecule has 2 rings (SSSR count). The Balaban J connectivity index is 2.13. The molecule has 106 valence electrons. The molecule has 0 bridgehead atoms. The smallest absolute Gasteiger partial charge is 0.0351 e. The van der Waals surface area contributed by atoms with Crippen LogP contribution in [0.25, 0.3) is 0 Å². The average Bonchev–Trinajstić information content (AvgIpc) is 2.44. The summed E-state index contributed by atoms with van der Waals surface area (Å²) in [5.74, 6) is 0.664. The molecule has 0 aliphatic carbocycles. The number of hydrogen-bond donors (Lipinski definition) is 0. The van der Waals surface area contributed by atoms with Crippen molar-refractivity contribution < 1.29 is 0 Å². The van der Waals surface area contributed by atoms with E-state index in [-0.39, 0.29) is 0 Å². The molecule has 0 saturated heterocycles. The van der Waals surface area contributed by atoms with Crippen LogP contribution in [0.3, 0.4) is 0 Å². The number of halogens is 1. The Labute approximate surface area is 127 Å². The first-order valence-electron chi connectivity index (χ1n) is 7.08. The molecule has 0 saturated carbocycles. The lowest BCUT2D eigenvalue weighted by atomic mass is 10.0. The largest absolute Gasteiger partial charge is 0.294 e. The third-order valence-electron chi connectivity index (χ3n) is 3.68. The van der Waals surface area contributed by atoms with Crippen molar-refractivity contribution in [3.8, 4) is 0 Å². The Bertz CT molecular complexity index is 516. The maximum atomic E-state index is 5.97. The summed E-state index contributed by atoms with van der Waals surface area (Å²) in [5.41, 5.74) is 5.48. The van der Waals surface area contributed by atoms with Crippen LogP contribution in [0.1, 0.15) is 22.3 Å². The summed E-state index contributed by atoms with van der Waals surface area (Å²) < 4.78 is 0. The van der Waals surface area contributed by atoms with Gasteiger partial charge in [-0.1, -0.05) is 48.5 Å². The van der Waals surface area contributed by atoms with Crippen molar-refractivity contribution in [1.29, 1.82) is 0 Å². The monoisotopic (exact) mass is 287 g/mol. The van der Waals surface area contributed by atoms with E-state index in [0.29, 0.717) is 5.88 Å². The van der Waals surface area contributed by atoms with Gasteiger partial charge in [0.25, 0.3) is 0 Å². The molecule has 0 atom stereocenters. The van der Waals surface area contributed by atoms with E-state index in [2.05, 4.69) is 67.3 Å². The molecule has 0 heterocycles. The van der Waals surface area contributed by atoms with Gasteiger partial charge in [-0.15, -0.1) is 11.6 Å². The average molecular weight is 288 g/mol. The van der Waals surface area contributed by atoms with E-state index >= 15 is 0 Å². The van der Waals surface area contributed by atoms with Crippen LogP contribution in [0.15, 0.2) is 48.5 Å². The zero-order valence-electron chi connectivity index (χ0n) is 12.3. The summed E-state index contributed by atoms with van der Waals surface area (Å²) in [6.07, 6.45) is 0. The highest BCUT2D eigenvalue weighted by atomic mass is 35.5. The first kappa shape index (κ1) is 15.1. The maximum Gasteiger partial charge on any atom is 0.0351 e. The minimum Gasteiger partial charge on any atom is -0.294 e. The summed E-state index contributed by atoms with van der Waals surface area (Å²) in [6.45, 7) is 7.18. The van der Waals surface area contributed by atoms with Crippen LogP contribution >= 0.6 is 11.6 Å². The van der Waals surface area contributed by atoms with Crippen LogP contribution in [-0.4, -0.2) is 17.3 Å². The van der Waals surface area contributed by atoms with Crippen LogP contribution in [0.4, 0.5) is 0 Å². The first-order valence-corrected chi connectivity index (χ1v) is 7.61. The van der Waals surface area contributed by atoms with Crippen molar-refractivity contribution in [2.45, 2.75) is 26.9 Å². The van der Waals surface area contributed by atoms with Crippen molar-refractivity contribution in [2.75, 3.05) is 12.4 Å². The van der Waals surface area contributed by atoms with Crippen LogP contribution in [-0.2, 0) is 13.1 Å². The number of hydrogen-bond acceptors (Lipinski definition) is 1. The van der Waals surface area contributed by atoms with Crippen molar-refractivity contribution in [2.24, 2.45) is 0 Å². The van der Waals surface area contributed by atoms with Gasteiger partial charge in [-0.2, -0.15) is 0 Å². The summed E-state index contributed by atoms with van der Waals surface area (Å²) in [7, 11) is 0. The quantitative estimate of drug-likeness (QED) is 0.705. The molecule has 0 amide bonds. The first-order chi connectivity index (χ1) is 9.70. The Morgan fingerprint density at radius 1 is 0.850 bits per heavy atom. The highest BCUT2D eigenvalue weighted by Gasteiger charge is 2.10. The highest BCUT2D eigenvalue weighted by molar-refractivity contribution is 6.18. The second-order valence-corrected chi connectivity index (χ2v) is 5.63. The van der Waals surface area contributed by atoms with E-state index in [0.717, 1.165) is 19.6 Å². The molecule has 0 aliphatic heterocycles. The van der Waals surface area contributed by atoms with Crippen molar-refractivity contribution >= 4 is 11.6 Å². The Morgan fingerprint density at radius 3 is 2.10 bits per heavy atom. The number of benzene rings is 2. The second-order valence-electron chi connectivity index (χ2n) is 5.26. The van der Waals surface area contributed by atoms with Gasteiger partial charge in [0.1, 0.15) is 0 Å². The Kier molecular flexibility index (Phi) is 5.63. The molecule has 0 N–H and O–H groups in total. The van der Waals surface area contributed by atoms with Crippen LogP contribution < -0.4 is 0 Å². The summed E-state index contributed by atoms with van der Waals surface area (Å²) in [4.78, 5) is 2.41. The highest BCUT2D eigenvalue weighted by Crippen LogP contribution is 2.17. The summed E-state index contributed by atoms with van der Waals surface area (Å²) in [6, 6.07) is 17.1. The summed E-state index contributed by atoms with van der Waals surface area (Å²) in [5, 5.41) is 0. The second kappa shape index (κ2) is 7.47. The third kappa shape index (κ3) is 4.09. The van der Waals surface area contributed by atoms with Crippen LogP contribution in [0.5, 0.6) is 0 Å². The van der Waals surface area contributed by atoms with Gasteiger partial charge in [-0.05, 0) is 36.1 Å². The van der Waals surface area contributed by atoms with Gasteiger partial charge < -0.3 is 0 Å². The lowest BCUT2D eigenvalue weighted by molar-refractivity contribution is 0.272. The molecular weight excluding hydrogens is 266 g/mol. The van der Waals surface area contributed by atoms with E-state index in [1.807, 2.05) is 0 Å². The predicted molar refractivity (Wildman–Crippen MR) is 87.2 cm³/mol. The number of nitrogens with zero attached hydrogens (tertiary/aromatic N) is 1. The van der Waals surface area contributed by atoms with Gasteiger partial charge in [-0.25, -0.2) is 0 Å². The molecule has 0 radical (unpaired) electrons. The van der Waals surface area contributed by atoms with Crippen molar-refractivity contribution in [3.63, 3.8) is 0 Å². The zero-order chi connectivity index (χ0) is 14.4. The van der Waals surface area contributed by atoms with E-state index in [1.54, 1.807) is 0 Å². The van der Waals surface area contributed by atoms with E-state index in [9.17, 15) is 0 Å². The molecule has 1 nitrogen and oxygen atoms in total. The van der Waals surface area contributed by atoms with Gasteiger partial charge in [0.05, 0.1) is 0 Å². The number of alkyl halides is 1. The molecule has 0 spiro atoms. The zero-order valence-corrected chi connectivity index (χ0v) is 13.0. The fraction of sp³-hybridized carbons (Fsp3) is 0.333. The van der Waals surface area contributed by atoms with Crippen LogP contribution in [0, 0.1) is 13.8 Å². The summed E-state index contributed by atoms with van der Waals surface area (Å²) >= 11 is 5.97. The fourth-order valence-corrected chi connectivity index (χ4v) is 2.74. The molecule has 0 fully saturated rings. The maximum absolute atomic E-state index is 5.97. The van der Waals surface area contributed by atoms with Crippen molar-refractivity contribution in [1.82, 2.24) is 4.90 Å².